The molecule has 2 aromatic heterocycles. The number of para-hydroxylation sites is 1. The fourth-order valence-corrected chi connectivity index (χ4v) is 2.03. The predicted molar refractivity (Wildman–Crippen MR) is 69.6 cm³/mol. The molecule has 0 amide bonds. The van der Waals surface area contributed by atoms with Gasteiger partial charge in [-0.1, -0.05) is 28.9 Å². The monoisotopic (exact) mass is 259 g/mol. The molecule has 0 spiro atoms. The van der Waals surface area contributed by atoms with E-state index in [1.807, 2.05) is 24.3 Å². The standard InChI is InChI=1S/C12H10ClN5/c13-9-5-8(6-14)7-15-12(9)18-11-4-2-1-3-10(11)16-17-18/h1-5,7H,6,14H2. The van der Waals surface area contributed by atoms with E-state index < -0.39 is 0 Å². The van der Waals surface area contributed by atoms with Crippen LogP contribution in [0, 0.1) is 0 Å². The van der Waals surface area contributed by atoms with Crippen LogP contribution < -0.4 is 5.73 Å². The third kappa shape index (κ3) is 1.73. The van der Waals surface area contributed by atoms with E-state index in [1.165, 1.54) is 0 Å². The Labute approximate surface area is 108 Å². The maximum Gasteiger partial charge on any atom is 0.174 e. The molecule has 2 heterocycles. The van der Waals surface area contributed by atoms with Crippen molar-refractivity contribution in [2.24, 2.45) is 5.73 Å². The van der Waals surface area contributed by atoms with E-state index in [9.17, 15) is 0 Å². The Balaban J connectivity index is 2.20. The summed E-state index contributed by atoms with van der Waals surface area (Å²) < 4.78 is 1.62. The van der Waals surface area contributed by atoms with Gasteiger partial charge in [-0.05, 0) is 23.8 Å². The summed E-state index contributed by atoms with van der Waals surface area (Å²) in [6, 6.07) is 9.43. The highest BCUT2D eigenvalue weighted by Crippen LogP contribution is 2.22. The fourth-order valence-electron chi connectivity index (χ4n) is 1.76. The maximum atomic E-state index is 6.19. The third-order valence-electron chi connectivity index (χ3n) is 2.67. The van der Waals surface area contributed by atoms with Crippen LogP contribution in [-0.2, 0) is 6.54 Å². The van der Waals surface area contributed by atoms with Crippen molar-refractivity contribution in [1.82, 2.24) is 20.0 Å². The number of halogens is 1. The lowest BCUT2D eigenvalue weighted by Gasteiger charge is -2.05. The second-order valence-electron chi connectivity index (χ2n) is 3.84. The average molecular weight is 260 g/mol. The van der Waals surface area contributed by atoms with Crippen molar-refractivity contribution in [2.45, 2.75) is 6.54 Å². The summed E-state index contributed by atoms with van der Waals surface area (Å²) >= 11 is 6.19. The lowest BCUT2D eigenvalue weighted by molar-refractivity contribution is 0.799. The fraction of sp³-hybridized carbons (Fsp3) is 0.0833. The number of nitrogens with two attached hydrogens (primary N) is 1. The molecule has 0 fully saturated rings. The van der Waals surface area contributed by atoms with E-state index in [1.54, 1.807) is 16.9 Å². The highest BCUT2D eigenvalue weighted by atomic mass is 35.5. The molecule has 1 aromatic carbocycles. The molecule has 0 saturated heterocycles. The van der Waals surface area contributed by atoms with E-state index in [-0.39, 0.29) is 0 Å². The highest BCUT2D eigenvalue weighted by molar-refractivity contribution is 6.32. The number of aromatic nitrogens is 4. The minimum Gasteiger partial charge on any atom is -0.326 e. The van der Waals surface area contributed by atoms with Gasteiger partial charge < -0.3 is 5.73 Å². The first-order valence-corrected chi connectivity index (χ1v) is 5.82. The average Bonchev–Trinajstić information content (AvgIpc) is 2.82. The molecule has 0 bridgehead atoms. The van der Waals surface area contributed by atoms with E-state index in [4.69, 9.17) is 17.3 Å². The second kappa shape index (κ2) is 4.36. The summed E-state index contributed by atoms with van der Waals surface area (Å²) in [5.41, 5.74) is 8.10. The summed E-state index contributed by atoms with van der Waals surface area (Å²) in [7, 11) is 0. The zero-order valence-corrected chi connectivity index (χ0v) is 10.2. The molecule has 0 aliphatic rings. The summed E-state index contributed by atoms with van der Waals surface area (Å²) in [6.45, 7) is 0.408. The topological polar surface area (TPSA) is 69.6 Å². The Kier molecular flexibility index (Phi) is 2.70. The smallest absolute Gasteiger partial charge is 0.174 e. The molecule has 0 aliphatic heterocycles. The van der Waals surface area contributed by atoms with Gasteiger partial charge in [0.05, 0.1) is 10.5 Å². The number of hydrogen-bond donors (Lipinski definition) is 1. The Morgan fingerprint density at radius 2 is 2.11 bits per heavy atom. The molecule has 0 aliphatic carbocycles. The van der Waals surface area contributed by atoms with Crippen molar-refractivity contribution in [3.8, 4) is 5.82 Å². The molecule has 2 N–H and O–H groups in total. The van der Waals surface area contributed by atoms with E-state index in [2.05, 4.69) is 15.3 Å². The Hall–Kier alpha value is -1.98. The zero-order chi connectivity index (χ0) is 12.5. The highest BCUT2D eigenvalue weighted by Gasteiger charge is 2.10. The number of benzene rings is 1. The predicted octanol–water partition coefficient (Wildman–Crippen LogP) is 1.93. The van der Waals surface area contributed by atoms with Gasteiger partial charge in [-0.15, -0.1) is 5.10 Å². The quantitative estimate of drug-likeness (QED) is 0.763. The number of nitrogens with zero attached hydrogens (tertiary/aromatic N) is 4. The molecular weight excluding hydrogens is 250 g/mol. The SMILES string of the molecule is NCc1cnc(-n2nnc3ccccc32)c(Cl)c1. The van der Waals surface area contributed by atoms with Gasteiger partial charge in [0.15, 0.2) is 5.82 Å². The summed E-state index contributed by atoms with van der Waals surface area (Å²) in [6.07, 6.45) is 1.69. The number of hydrogen-bond acceptors (Lipinski definition) is 4. The molecule has 0 unspecified atom stereocenters. The van der Waals surface area contributed by atoms with Crippen LogP contribution in [0.5, 0.6) is 0 Å². The molecular formula is C12H10ClN5. The van der Waals surface area contributed by atoms with Gasteiger partial charge in [0.2, 0.25) is 0 Å². The summed E-state index contributed by atoms with van der Waals surface area (Å²) in [5, 5.41) is 8.65. The molecule has 18 heavy (non-hydrogen) atoms. The first-order valence-electron chi connectivity index (χ1n) is 5.45. The van der Waals surface area contributed by atoms with Gasteiger partial charge in [-0.25, -0.2) is 4.98 Å². The van der Waals surface area contributed by atoms with Gasteiger partial charge in [0.1, 0.15) is 5.52 Å². The minimum atomic E-state index is 0.408. The molecule has 0 radical (unpaired) electrons. The summed E-state index contributed by atoms with van der Waals surface area (Å²) in [4.78, 5) is 4.29. The van der Waals surface area contributed by atoms with E-state index >= 15 is 0 Å². The van der Waals surface area contributed by atoms with Gasteiger partial charge in [-0.3, -0.25) is 0 Å². The van der Waals surface area contributed by atoms with Crippen molar-refractivity contribution >= 4 is 22.6 Å². The number of rotatable bonds is 2. The summed E-state index contributed by atoms with van der Waals surface area (Å²) in [5.74, 6) is 0.558. The van der Waals surface area contributed by atoms with Gasteiger partial charge >= 0.3 is 0 Å². The van der Waals surface area contributed by atoms with Crippen LogP contribution in [-0.4, -0.2) is 20.0 Å². The molecule has 90 valence electrons. The maximum absolute atomic E-state index is 6.19. The van der Waals surface area contributed by atoms with Gasteiger partial charge in [-0.2, -0.15) is 4.68 Å². The van der Waals surface area contributed by atoms with Crippen LogP contribution in [0.4, 0.5) is 0 Å². The lowest BCUT2D eigenvalue weighted by atomic mass is 10.3. The second-order valence-corrected chi connectivity index (χ2v) is 4.25. The first kappa shape index (κ1) is 11.1. The van der Waals surface area contributed by atoms with Crippen molar-refractivity contribution in [3.63, 3.8) is 0 Å². The Morgan fingerprint density at radius 3 is 2.89 bits per heavy atom. The molecule has 3 rings (SSSR count). The largest absolute Gasteiger partial charge is 0.326 e. The first-order chi connectivity index (χ1) is 8.79. The van der Waals surface area contributed by atoms with Gasteiger partial charge in [0, 0.05) is 12.7 Å². The molecule has 3 aromatic rings. The Bertz CT molecular complexity index is 707. The van der Waals surface area contributed by atoms with Crippen LogP contribution in [0.15, 0.2) is 36.5 Å². The Morgan fingerprint density at radius 1 is 1.28 bits per heavy atom. The van der Waals surface area contributed by atoms with Crippen LogP contribution in [0.3, 0.4) is 0 Å². The molecule has 5 nitrogen and oxygen atoms in total. The van der Waals surface area contributed by atoms with E-state index in [0.717, 1.165) is 16.6 Å². The van der Waals surface area contributed by atoms with Crippen LogP contribution in [0.25, 0.3) is 16.9 Å². The van der Waals surface area contributed by atoms with E-state index in [0.29, 0.717) is 17.4 Å². The number of fused-ring (bicyclic) bond motifs is 1. The lowest BCUT2D eigenvalue weighted by Crippen LogP contribution is -2.03. The van der Waals surface area contributed by atoms with Crippen LogP contribution in [0.1, 0.15) is 5.56 Å². The normalized spacial score (nSPS) is 11.0. The van der Waals surface area contributed by atoms with Crippen molar-refractivity contribution in [3.05, 3.63) is 47.1 Å². The van der Waals surface area contributed by atoms with Crippen molar-refractivity contribution < 1.29 is 0 Å². The minimum absolute atomic E-state index is 0.408. The van der Waals surface area contributed by atoms with Crippen molar-refractivity contribution in [2.75, 3.05) is 0 Å². The third-order valence-corrected chi connectivity index (χ3v) is 2.94. The molecule has 0 saturated carbocycles. The van der Waals surface area contributed by atoms with Crippen LogP contribution in [0.2, 0.25) is 5.02 Å². The van der Waals surface area contributed by atoms with Crippen molar-refractivity contribution in [1.29, 1.82) is 0 Å². The van der Waals surface area contributed by atoms with Gasteiger partial charge in [0.25, 0.3) is 0 Å². The van der Waals surface area contributed by atoms with Crippen LogP contribution >= 0.6 is 11.6 Å². The zero-order valence-electron chi connectivity index (χ0n) is 9.42. The molecule has 0 atom stereocenters. The number of pyridine rings is 1. The molecule has 6 heteroatoms.